The molecule has 1 heterocycles. The second-order valence-corrected chi connectivity index (χ2v) is 9.35. The van der Waals surface area contributed by atoms with Gasteiger partial charge in [-0.05, 0) is 61.3 Å². The second-order valence-electron chi connectivity index (χ2n) is 7.58. The lowest BCUT2D eigenvalue weighted by Crippen LogP contribution is -2.48. The Hall–Kier alpha value is -0.670. The SMILES string of the molecule is CC(C)(C)C1CCC2(CC1)SCC(=O)N2c1ccc(Cl)cc1. The molecular weight excluding hydrogens is 314 g/mol. The number of carbonyl (C=O) groups is 1. The maximum absolute atomic E-state index is 12.5. The smallest absolute Gasteiger partial charge is 0.238 e. The standard InChI is InChI=1S/C18H24ClNOS/c1-17(2,3)13-8-10-18(11-9-13)20(16(21)12-22-18)15-6-4-14(19)5-7-15/h4-7,13H,8-12H2,1-3H3. The molecule has 1 aromatic carbocycles. The van der Waals surface area contributed by atoms with E-state index in [1.54, 1.807) is 0 Å². The quantitative estimate of drug-likeness (QED) is 0.688. The van der Waals surface area contributed by atoms with Gasteiger partial charge < -0.3 is 0 Å². The maximum Gasteiger partial charge on any atom is 0.238 e. The van der Waals surface area contributed by atoms with E-state index in [4.69, 9.17) is 11.6 Å². The fourth-order valence-electron chi connectivity index (χ4n) is 3.82. The molecule has 1 aliphatic carbocycles. The number of halogens is 1. The normalized spacial score (nSPS) is 29.4. The van der Waals surface area contributed by atoms with Crippen molar-refractivity contribution in [1.82, 2.24) is 0 Å². The molecule has 0 aromatic heterocycles. The fraction of sp³-hybridized carbons (Fsp3) is 0.611. The van der Waals surface area contributed by atoms with Crippen molar-refractivity contribution in [3.05, 3.63) is 29.3 Å². The third-order valence-corrected chi connectivity index (χ3v) is 6.97. The molecule has 1 saturated carbocycles. The lowest BCUT2D eigenvalue weighted by Gasteiger charge is -2.45. The summed E-state index contributed by atoms with van der Waals surface area (Å²) in [7, 11) is 0. The van der Waals surface area contributed by atoms with Crippen LogP contribution in [0.25, 0.3) is 0 Å². The van der Waals surface area contributed by atoms with Crippen LogP contribution in [0.15, 0.2) is 24.3 Å². The van der Waals surface area contributed by atoms with E-state index in [-0.39, 0.29) is 10.8 Å². The van der Waals surface area contributed by atoms with Gasteiger partial charge in [0.25, 0.3) is 0 Å². The molecule has 0 atom stereocenters. The molecule has 0 unspecified atom stereocenters. The monoisotopic (exact) mass is 337 g/mol. The first kappa shape index (κ1) is 16.2. The molecule has 2 fully saturated rings. The lowest BCUT2D eigenvalue weighted by molar-refractivity contribution is -0.116. The molecule has 2 nitrogen and oxygen atoms in total. The van der Waals surface area contributed by atoms with Gasteiger partial charge in [-0.2, -0.15) is 0 Å². The van der Waals surface area contributed by atoms with Crippen molar-refractivity contribution in [3.8, 4) is 0 Å². The van der Waals surface area contributed by atoms with Crippen LogP contribution in [0.2, 0.25) is 5.02 Å². The molecular formula is C18H24ClNOS. The van der Waals surface area contributed by atoms with E-state index in [2.05, 4.69) is 20.8 Å². The van der Waals surface area contributed by atoms with Crippen LogP contribution in [0, 0.1) is 11.3 Å². The Morgan fingerprint density at radius 1 is 1.18 bits per heavy atom. The van der Waals surface area contributed by atoms with Gasteiger partial charge in [-0.15, -0.1) is 11.8 Å². The highest BCUT2D eigenvalue weighted by atomic mass is 35.5. The van der Waals surface area contributed by atoms with Gasteiger partial charge in [-0.1, -0.05) is 32.4 Å². The molecule has 1 amide bonds. The summed E-state index contributed by atoms with van der Waals surface area (Å²) in [4.78, 5) is 14.5. The Balaban J connectivity index is 1.84. The van der Waals surface area contributed by atoms with Crippen LogP contribution in [0.3, 0.4) is 0 Å². The van der Waals surface area contributed by atoms with Gasteiger partial charge in [0.1, 0.15) is 0 Å². The summed E-state index contributed by atoms with van der Waals surface area (Å²) >= 11 is 7.83. The van der Waals surface area contributed by atoms with Crippen molar-refractivity contribution in [2.24, 2.45) is 11.3 Å². The van der Waals surface area contributed by atoms with Gasteiger partial charge in [0, 0.05) is 10.7 Å². The first-order valence-electron chi connectivity index (χ1n) is 8.04. The molecule has 0 bridgehead atoms. The molecule has 0 N–H and O–H groups in total. The van der Waals surface area contributed by atoms with E-state index in [9.17, 15) is 4.79 Å². The number of benzene rings is 1. The molecule has 22 heavy (non-hydrogen) atoms. The third kappa shape index (κ3) is 2.90. The van der Waals surface area contributed by atoms with Crippen LogP contribution in [-0.2, 0) is 4.79 Å². The van der Waals surface area contributed by atoms with Crippen molar-refractivity contribution in [2.75, 3.05) is 10.7 Å². The zero-order valence-electron chi connectivity index (χ0n) is 13.6. The van der Waals surface area contributed by atoms with Crippen LogP contribution in [0.5, 0.6) is 0 Å². The Morgan fingerprint density at radius 2 is 1.77 bits per heavy atom. The number of rotatable bonds is 1. The highest BCUT2D eigenvalue weighted by Gasteiger charge is 2.49. The summed E-state index contributed by atoms with van der Waals surface area (Å²) in [6.45, 7) is 7.00. The average molecular weight is 338 g/mol. The first-order chi connectivity index (χ1) is 10.3. The Labute approximate surface area is 142 Å². The van der Waals surface area contributed by atoms with Crippen molar-refractivity contribution in [2.45, 2.75) is 51.3 Å². The van der Waals surface area contributed by atoms with Gasteiger partial charge >= 0.3 is 0 Å². The predicted molar refractivity (Wildman–Crippen MR) is 95.5 cm³/mol. The molecule has 1 aliphatic heterocycles. The maximum atomic E-state index is 12.5. The minimum Gasteiger partial charge on any atom is -0.297 e. The van der Waals surface area contributed by atoms with E-state index in [1.807, 2.05) is 40.9 Å². The van der Waals surface area contributed by atoms with E-state index in [0.717, 1.165) is 24.4 Å². The average Bonchev–Trinajstić information content (AvgIpc) is 2.77. The highest BCUT2D eigenvalue weighted by Crippen LogP contribution is 2.52. The molecule has 3 rings (SSSR count). The van der Waals surface area contributed by atoms with Crippen molar-refractivity contribution < 1.29 is 4.79 Å². The summed E-state index contributed by atoms with van der Waals surface area (Å²) in [5, 5.41) is 0.716. The van der Waals surface area contributed by atoms with E-state index in [1.165, 1.54) is 12.8 Å². The molecule has 1 saturated heterocycles. The summed E-state index contributed by atoms with van der Waals surface area (Å²) in [6.07, 6.45) is 4.59. The third-order valence-electron chi connectivity index (χ3n) is 5.20. The van der Waals surface area contributed by atoms with Crippen molar-refractivity contribution in [1.29, 1.82) is 0 Å². The summed E-state index contributed by atoms with van der Waals surface area (Å²) in [6, 6.07) is 7.71. The Bertz CT molecular complexity index is 555. The zero-order chi connectivity index (χ0) is 16.0. The molecule has 4 heteroatoms. The van der Waals surface area contributed by atoms with Crippen molar-refractivity contribution >= 4 is 35.0 Å². The number of hydrogen-bond acceptors (Lipinski definition) is 2. The van der Waals surface area contributed by atoms with Gasteiger partial charge in [-0.3, -0.25) is 9.69 Å². The predicted octanol–water partition coefficient (Wildman–Crippen LogP) is 5.35. The van der Waals surface area contributed by atoms with Crippen LogP contribution in [0.4, 0.5) is 5.69 Å². The fourth-order valence-corrected chi connectivity index (χ4v) is 5.33. The highest BCUT2D eigenvalue weighted by molar-refractivity contribution is 8.02. The van der Waals surface area contributed by atoms with Crippen LogP contribution >= 0.6 is 23.4 Å². The largest absolute Gasteiger partial charge is 0.297 e. The van der Waals surface area contributed by atoms with Crippen molar-refractivity contribution in [3.63, 3.8) is 0 Å². The second kappa shape index (κ2) is 5.76. The molecule has 0 radical (unpaired) electrons. The van der Waals surface area contributed by atoms with E-state index in [0.29, 0.717) is 16.2 Å². The number of carbonyl (C=O) groups excluding carboxylic acids is 1. The number of anilines is 1. The van der Waals surface area contributed by atoms with Gasteiger partial charge in [-0.25, -0.2) is 0 Å². The number of hydrogen-bond donors (Lipinski definition) is 0. The minimum absolute atomic E-state index is 0.0351. The van der Waals surface area contributed by atoms with Gasteiger partial charge in [0.05, 0.1) is 10.6 Å². The van der Waals surface area contributed by atoms with Gasteiger partial charge in [0.15, 0.2) is 0 Å². The Kier molecular flexibility index (Phi) is 4.24. The number of amides is 1. The minimum atomic E-state index is -0.0351. The zero-order valence-corrected chi connectivity index (χ0v) is 15.1. The Morgan fingerprint density at radius 3 is 2.32 bits per heavy atom. The first-order valence-corrected chi connectivity index (χ1v) is 9.41. The summed E-state index contributed by atoms with van der Waals surface area (Å²) < 4.78 is 0. The van der Waals surface area contributed by atoms with Crippen LogP contribution in [0.1, 0.15) is 46.5 Å². The van der Waals surface area contributed by atoms with Gasteiger partial charge in [0.2, 0.25) is 5.91 Å². The molecule has 2 aliphatic rings. The van der Waals surface area contributed by atoms with Crippen LogP contribution < -0.4 is 4.90 Å². The summed E-state index contributed by atoms with van der Waals surface area (Å²) in [5.74, 6) is 1.59. The number of thioether (sulfide) groups is 1. The molecule has 1 aromatic rings. The number of nitrogens with zero attached hydrogens (tertiary/aromatic N) is 1. The molecule has 1 spiro atoms. The van der Waals surface area contributed by atoms with Crippen LogP contribution in [-0.4, -0.2) is 16.5 Å². The van der Waals surface area contributed by atoms with E-state index < -0.39 is 0 Å². The lowest BCUT2D eigenvalue weighted by atomic mass is 9.71. The van der Waals surface area contributed by atoms with E-state index >= 15 is 0 Å². The topological polar surface area (TPSA) is 20.3 Å². The summed E-state index contributed by atoms with van der Waals surface area (Å²) in [5.41, 5.74) is 1.36. The molecule has 120 valence electrons.